The van der Waals surface area contributed by atoms with E-state index in [-0.39, 0.29) is 23.7 Å². The van der Waals surface area contributed by atoms with Gasteiger partial charge in [-0.15, -0.1) is 0 Å². The van der Waals surface area contributed by atoms with Gasteiger partial charge >= 0.3 is 11.9 Å². The number of allylic oxidation sites excluding steroid dienone is 4. The van der Waals surface area contributed by atoms with E-state index in [0.717, 1.165) is 0 Å². The van der Waals surface area contributed by atoms with Crippen LogP contribution in [-0.2, 0) is 23.9 Å². The second-order valence-corrected chi connectivity index (χ2v) is 5.25. The van der Waals surface area contributed by atoms with E-state index in [4.69, 9.17) is 0 Å². The fourth-order valence-electron chi connectivity index (χ4n) is 1.87. The lowest BCUT2D eigenvalue weighted by atomic mass is 10.2. The van der Waals surface area contributed by atoms with Crippen molar-refractivity contribution in [3.8, 4) is 0 Å². The van der Waals surface area contributed by atoms with Crippen molar-refractivity contribution in [1.82, 2.24) is 10.6 Å². The van der Waals surface area contributed by atoms with E-state index in [1.54, 1.807) is 37.3 Å². The zero-order chi connectivity index (χ0) is 20.9. The number of carbonyl (C=O) groups is 4. The van der Waals surface area contributed by atoms with E-state index in [9.17, 15) is 19.2 Å². The molecule has 0 aliphatic heterocycles. The third-order valence-electron chi connectivity index (χ3n) is 3.33. The Hall–Kier alpha value is -3.68. The van der Waals surface area contributed by atoms with Crippen molar-refractivity contribution >= 4 is 23.8 Å². The molecule has 1 aromatic carbocycles. The van der Waals surface area contributed by atoms with Gasteiger partial charge in [0.2, 0.25) is 5.91 Å². The summed E-state index contributed by atoms with van der Waals surface area (Å²) in [6.07, 6.45) is 5.61. The van der Waals surface area contributed by atoms with Crippen molar-refractivity contribution in [2.45, 2.75) is 13.3 Å². The maximum Gasteiger partial charge on any atom is 0.354 e. The maximum absolute atomic E-state index is 12.2. The van der Waals surface area contributed by atoms with Gasteiger partial charge in [-0.2, -0.15) is 0 Å². The molecule has 0 aromatic heterocycles. The molecule has 0 spiro atoms. The Labute approximate surface area is 162 Å². The highest BCUT2D eigenvalue weighted by molar-refractivity contribution is 6.01. The van der Waals surface area contributed by atoms with Gasteiger partial charge in [-0.1, -0.05) is 37.3 Å². The van der Waals surface area contributed by atoms with Crippen molar-refractivity contribution in [2.75, 3.05) is 14.2 Å². The molecule has 148 valence electrons. The minimum Gasteiger partial charge on any atom is -0.464 e. The minimum absolute atomic E-state index is 0.0630. The summed E-state index contributed by atoms with van der Waals surface area (Å²) in [4.78, 5) is 47.2. The minimum atomic E-state index is -0.745. The first kappa shape index (κ1) is 22.4. The quantitative estimate of drug-likeness (QED) is 0.399. The van der Waals surface area contributed by atoms with Gasteiger partial charge in [-0.25, -0.2) is 9.59 Å². The SMILES string of the molecule is CCC(=O)N/C(=C/C=C/C=C(\NC(=O)c1ccccc1)C(=O)OC)C(=O)OC. The topological polar surface area (TPSA) is 111 Å². The Morgan fingerprint density at radius 1 is 0.857 bits per heavy atom. The zero-order valence-corrected chi connectivity index (χ0v) is 15.9. The van der Waals surface area contributed by atoms with Crippen LogP contribution in [0.2, 0.25) is 0 Å². The summed E-state index contributed by atoms with van der Waals surface area (Å²) in [6.45, 7) is 1.64. The van der Waals surface area contributed by atoms with Gasteiger partial charge in [-0.05, 0) is 24.3 Å². The Balaban J connectivity index is 2.98. The molecule has 8 heteroatoms. The third kappa shape index (κ3) is 7.28. The smallest absolute Gasteiger partial charge is 0.354 e. The number of rotatable bonds is 8. The molecule has 0 aliphatic carbocycles. The van der Waals surface area contributed by atoms with E-state index < -0.39 is 17.8 Å². The van der Waals surface area contributed by atoms with Crippen LogP contribution in [0.1, 0.15) is 23.7 Å². The van der Waals surface area contributed by atoms with Gasteiger partial charge in [0, 0.05) is 12.0 Å². The molecular formula is C20H22N2O6. The van der Waals surface area contributed by atoms with Gasteiger partial charge < -0.3 is 20.1 Å². The first-order valence-electron chi connectivity index (χ1n) is 8.34. The molecule has 0 bridgehead atoms. The van der Waals surface area contributed by atoms with Crippen LogP contribution in [0.3, 0.4) is 0 Å². The number of benzene rings is 1. The highest BCUT2D eigenvalue weighted by atomic mass is 16.5. The lowest BCUT2D eigenvalue weighted by molar-refractivity contribution is -0.138. The van der Waals surface area contributed by atoms with Crippen molar-refractivity contribution in [1.29, 1.82) is 0 Å². The molecule has 2 amide bonds. The van der Waals surface area contributed by atoms with E-state index in [1.165, 1.54) is 38.5 Å². The largest absolute Gasteiger partial charge is 0.464 e. The number of hydrogen-bond acceptors (Lipinski definition) is 6. The predicted octanol–water partition coefficient (Wildman–Crippen LogP) is 1.61. The maximum atomic E-state index is 12.2. The normalized spacial score (nSPS) is 11.7. The van der Waals surface area contributed by atoms with Crippen LogP contribution < -0.4 is 10.6 Å². The van der Waals surface area contributed by atoms with Crippen LogP contribution in [0, 0.1) is 0 Å². The molecule has 0 saturated carbocycles. The van der Waals surface area contributed by atoms with Gasteiger partial charge in [0.05, 0.1) is 14.2 Å². The van der Waals surface area contributed by atoms with Crippen LogP contribution in [0.15, 0.2) is 66.0 Å². The molecule has 2 N–H and O–H groups in total. The summed E-state index contributed by atoms with van der Waals surface area (Å²) in [5, 5.41) is 4.87. The number of amides is 2. The van der Waals surface area contributed by atoms with Crippen molar-refractivity contribution in [3.63, 3.8) is 0 Å². The number of methoxy groups -OCH3 is 2. The standard InChI is InChI=1S/C20H22N2O6/c1-4-17(23)21-15(19(25)27-2)12-8-9-13-16(20(26)28-3)22-18(24)14-10-6-5-7-11-14/h5-13H,4H2,1-3H3,(H,21,23)(H,22,24)/b9-8+,15-12+,16-13-. The fraction of sp³-hybridized carbons (Fsp3) is 0.200. The van der Waals surface area contributed by atoms with Crippen LogP contribution in [0.5, 0.6) is 0 Å². The Morgan fingerprint density at radius 2 is 1.36 bits per heavy atom. The summed E-state index contributed by atoms with van der Waals surface area (Å²) < 4.78 is 9.24. The van der Waals surface area contributed by atoms with E-state index in [1.807, 2.05) is 0 Å². The Kier molecular flexibility index (Phi) is 9.46. The van der Waals surface area contributed by atoms with Crippen LogP contribution in [-0.4, -0.2) is 38.0 Å². The lowest BCUT2D eigenvalue weighted by Gasteiger charge is -2.07. The van der Waals surface area contributed by atoms with E-state index in [2.05, 4.69) is 20.1 Å². The van der Waals surface area contributed by atoms with Crippen molar-refractivity contribution in [2.24, 2.45) is 0 Å². The summed E-state index contributed by atoms with van der Waals surface area (Å²) >= 11 is 0. The highest BCUT2D eigenvalue weighted by Gasteiger charge is 2.14. The monoisotopic (exact) mass is 386 g/mol. The highest BCUT2D eigenvalue weighted by Crippen LogP contribution is 2.02. The molecule has 8 nitrogen and oxygen atoms in total. The number of nitrogens with one attached hydrogen (secondary N) is 2. The molecule has 1 rings (SSSR count). The van der Waals surface area contributed by atoms with Gasteiger partial charge in [0.15, 0.2) is 0 Å². The fourth-order valence-corrected chi connectivity index (χ4v) is 1.87. The van der Waals surface area contributed by atoms with E-state index >= 15 is 0 Å². The van der Waals surface area contributed by atoms with Gasteiger partial charge in [0.1, 0.15) is 11.4 Å². The molecule has 0 radical (unpaired) electrons. The second kappa shape index (κ2) is 11.8. The summed E-state index contributed by atoms with van der Waals surface area (Å²) in [5.74, 6) is -2.30. The van der Waals surface area contributed by atoms with Crippen LogP contribution in [0.4, 0.5) is 0 Å². The third-order valence-corrected chi connectivity index (χ3v) is 3.33. The molecule has 1 aromatic rings. The van der Waals surface area contributed by atoms with Gasteiger partial charge in [0.25, 0.3) is 5.91 Å². The molecule has 0 heterocycles. The Bertz CT molecular complexity index is 809. The number of esters is 2. The molecule has 0 aliphatic rings. The van der Waals surface area contributed by atoms with Crippen molar-refractivity contribution < 1.29 is 28.7 Å². The molecule has 0 fully saturated rings. The molecule has 0 unspecified atom stereocenters. The van der Waals surface area contributed by atoms with Gasteiger partial charge in [-0.3, -0.25) is 9.59 Å². The molecule has 0 atom stereocenters. The summed E-state index contributed by atoms with van der Waals surface area (Å²) in [6, 6.07) is 8.35. The first-order valence-corrected chi connectivity index (χ1v) is 8.34. The molecule has 28 heavy (non-hydrogen) atoms. The van der Waals surface area contributed by atoms with Crippen molar-refractivity contribution in [3.05, 3.63) is 71.6 Å². The number of hydrogen-bond donors (Lipinski definition) is 2. The first-order chi connectivity index (χ1) is 13.4. The number of ether oxygens (including phenoxy) is 2. The lowest BCUT2D eigenvalue weighted by Crippen LogP contribution is -2.28. The summed E-state index contributed by atoms with van der Waals surface area (Å²) in [5.41, 5.74) is 0.210. The average Bonchev–Trinajstić information content (AvgIpc) is 2.73. The molecule has 0 saturated heterocycles. The predicted molar refractivity (Wildman–Crippen MR) is 102 cm³/mol. The van der Waals surface area contributed by atoms with Crippen LogP contribution >= 0.6 is 0 Å². The van der Waals surface area contributed by atoms with Crippen LogP contribution in [0.25, 0.3) is 0 Å². The second-order valence-electron chi connectivity index (χ2n) is 5.25. The number of carbonyl (C=O) groups excluding carboxylic acids is 4. The van der Waals surface area contributed by atoms with E-state index in [0.29, 0.717) is 5.56 Å². The average molecular weight is 386 g/mol. The summed E-state index contributed by atoms with van der Waals surface area (Å²) in [7, 11) is 2.37. The Morgan fingerprint density at radius 3 is 1.82 bits per heavy atom. The molecular weight excluding hydrogens is 364 g/mol. The zero-order valence-electron chi connectivity index (χ0n) is 15.9.